The molecule has 0 aliphatic heterocycles. The van der Waals surface area contributed by atoms with Crippen LogP contribution in [-0.2, 0) is 6.54 Å². The van der Waals surface area contributed by atoms with E-state index in [1.165, 1.54) is 11.3 Å². The molecule has 3 heterocycles. The largest absolute Gasteiger partial charge is 0.477 e. The van der Waals surface area contributed by atoms with E-state index >= 15 is 0 Å². The molecule has 9 heteroatoms. The number of carboxylic acid groups (broad SMARTS) is 1. The standard InChI is InChI=1S/C13H9ClIN3O3S/c1-6-11(12(19)20)18(13(15)16-6)5-7-4-8(21-17-7)9-2-3-10(14)22-9/h2-4H,5H2,1H3,(H,19,20). The number of hydrogen-bond donors (Lipinski definition) is 1. The summed E-state index contributed by atoms with van der Waals surface area (Å²) in [5.41, 5.74) is 1.26. The Bertz CT molecular complexity index is 855. The molecule has 3 aromatic heterocycles. The van der Waals surface area contributed by atoms with Crippen LogP contribution in [0.1, 0.15) is 21.9 Å². The van der Waals surface area contributed by atoms with Crippen molar-refractivity contribution in [2.24, 2.45) is 0 Å². The van der Waals surface area contributed by atoms with Crippen LogP contribution in [0.5, 0.6) is 0 Å². The van der Waals surface area contributed by atoms with Crippen LogP contribution in [0.15, 0.2) is 22.7 Å². The number of rotatable bonds is 4. The lowest BCUT2D eigenvalue weighted by Gasteiger charge is -2.04. The lowest BCUT2D eigenvalue weighted by atomic mass is 10.3. The van der Waals surface area contributed by atoms with Gasteiger partial charge in [0.15, 0.2) is 15.3 Å². The van der Waals surface area contributed by atoms with E-state index < -0.39 is 5.97 Å². The first kappa shape index (κ1) is 15.5. The van der Waals surface area contributed by atoms with Crippen molar-refractivity contribution in [3.8, 4) is 10.6 Å². The predicted molar refractivity (Wildman–Crippen MR) is 90.6 cm³/mol. The summed E-state index contributed by atoms with van der Waals surface area (Å²) >= 11 is 9.30. The number of nitrogens with zero attached hydrogens (tertiary/aromatic N) is 3. The molecule has 0 fully saturated rings. The molecule has 0 aliphatic carbocycles. The fourth-order valence-electron chi connectivity index (χ4n) is 2.06. The Balaban J connectivity index is 1.92. The average molecular weight is 450 g/mol. The van der Waals surface area contributed by atoms with Gasteiger partial charge in [-0.25, -0.2) is 9.78 Å². The number of aromatic nitrogens is 3. The van der Waals surface area contributed by atoms with Crippen molar-refractivity contribution in [2.45, 2.75) is 13.5 Å². The summed E-state index contributed by atoms with van der Waals surface area (Å²) in [5, 5.41) is 13.3. The average Bonchev–Trinajstić information content (AvgIpc) is 3.11. The van der Waals surface area contributed by atoms with Gasteiger partial charge in [0.2, 0.25) is 0 Å². The van der Waals surface area contributed by atoms with Crippen molar-refractivity contribution in [1.29, 1.82) is 0 Å². The van der Waals surface area contributed by atoms with Crippen molar-refractivity contribution < 1.29 is 14.4 Å². The molecule has 0 bridgehead atoms. The molecular weight excluding hydrogens is 441 g/mol. The van der Waals surface area contributed by atoms with Crippen LogP contribution in [0.2, 0.25) is 4.34 Å². The minimum atomic E-state index is -1.01. The van der Waals surface area contributed by atoms with Crippen molar-refractivity contribution in [2.75, 3.05) is 0 Å². The first-order valence-corrected chi connectivity index (χ1v) is 8.40. The normalized spacial score (nSPS) is 11.0. The highest BCUT2D eigenvalue weighted by Gasteiger charge is 2.20. The Morgan fingerprint density at radius 3 is 2.95 bits per heavy atom. The molecule has 0 aliphatic rings. The molecule has 22 heavy (non-hydrogen) atoms. The Morgan fingerprint density at radius 2 is 2.32 bits per heavy atom. The molecule has 0 radical (unpaired) electrons. The maximum atomic E-state index is 11.4. The van der Waals surface area contributed by atoms with E-state index in [9.17, 15) is 9.90 Å². The van der Waals surface area contributed by atoms with E-state index in [1.54, 1.807) is 23.6 Å². The summed E-state index contributed by atoms with van der Waals surface area (Å²) in [6.07, 6.45) is 0. The van der Waals surface area contributed by atoms with Gasteiger partial charge in [0, 0.05) is 6.07 Å². The third-order valence-electron chi connectivity index (χ3n) is 2.99. The summed E-state index contributed by atoms with van der Waals surface area (Å²) in [6.45, 7) is 1.95. The van der Waals surface area contributed by atoms with Gasteiger partial charge in [-0.05, 0) is 41.6 Å². The lowest BCUT2D eigenvalue weighted by molar-refractivity contribution is 0.0684. The fraction of sp³-hybridized carbons (Fsp3) is 0.154. The summed E-state index contributed by atoms with van der Waals surface area (Å²) in [6, 6.07) is 5.42. The Hall–Kier alpha value is -1.39. The van der Waals surface area contributed by atoms with E-state index in [1.807, 2.05) is 28.7 Å². The van der Waals surface area contributed by atoms with Gasteiger partial charge in [0.1, 0.15) is 5.69 Å². The third kappa shape index (κ3) is 2.90. The number of carboxylic acids is 1. The molecule has 0 saturated carbocycles. The fourth-order valence-corrected chi connectivity index (χ4v) is 3.83. The van der Waals surface area contributed by atoms with E-state index in [-0.39, 0.29) is 12.2 Å². The maximum Gasteiger partial charge on any atom is 0.354 e. The monoisotopic (exact) mass is 449 g/mol. The SMILES string of the molecule is Cc1nc(I)n(Cc2cc(-c3ccc(Cl)s3)on2)c1C(=O)O. The molecule has 0 spiro atoms. The third-order valence-corrected chi connectivity index (χ3v) is 5.06. The summed E-state index contributed by atoms with van der Waals surface area (Å²) in [7, 11) is 0. The van der Waals surface area contributed by atoms with E-state index in [0.29, 0.717) is 25.3 Å². The Labute approximate surface area is 147 Å². The summed E-state index contributed by atoms with van der Waals surface area (Å²) < 4.78 is 8.16. The van der Waals surface area contributed by atoms with Gasteiger partial charge in [-0.1, -0.05) is 16.8 Å². The highest BCUT2D eigenvalue weighted by atomic mass is 127. The van der Waals surface area contributed by atoms with Crippen LogP contribution in [0, 0.1) is 10.8 Å². The molecule has 1 N–H and O–H groups in total. The quantitative estimate of drug-likeness (QED) is 0.611. The van der Waals surface area contributed by atoms with Gasteiger partial charge in [-0.2, -0.15) is 0 Å². The smallest absolute Gasteiger partial charge is 0.354 e. The molecule has 6 nitrogen and oxygen atoms in total. The van der Waals surface area contributed by atoms with Gasteiger partial charge in [-0.15, -0.1) is 11.3 Å². The zero-order valence-corrected chi connectivity index (χ0v) is 14.9. The van der Waals surface area contributed by atoms with Crippen molar-refractivity contribution in [1.82, 2.24) is 14.7 Å². The van der Waals surface area contributed by atoms with Crippen LogP contribution >= 0.6 is 45.5 Å². The maximum absolute atomic E-state index is 11.4. The van der Waals surface area contributed by atoms with Crippen LogP contribution in [0.25, 0.3) is 10.6 Å². The second kappa shape index (κ2) is 6.01. The van der Waals surface area contributed by atoms with Crippen molar-refractivity contribution in [3.05, 3.63) is 43.4 Å². The summed E-state index contributed by atoms with van der Waals surface area (Å²) in [5.74, 6) is -0.405. The van der Waals surface area contributed by atoms with Crippen LogP contribution in [0.3, 0.4) is 0 Å². The number of thiophene rings is 1. The van der Waals surface area contributed by atoms with E-state index in [4.69, 9.17) is 16.1 Å². The zero-order valence-electron chi connectivity index (χ0n) is 11.2. The Morgan fingerprint density at radius 1 is 1.55 bits per heavy atom. The zero-order chi connectivity index (χ0) is 15.9. The molecule has 3 rings (SSSR count). The minimum absolute atomic E-state index is 0.160. The van der Waals surface area contributed by atoms with E-state index in [0.717, 1.165) is 4.88 Å². The first-order chi connectivity index (χ1) is 10.5. The lowest BCUT2D eigenvalue weighted by Crippen LogP contribution is -2.12. The second-order valence-corrected chi connectivity index (χ2v) is 7.17. The number of carbonyl (C=O) groups is 1. The molecule has 0 unspecified atom stereocenters. The molecular formula is C13H9ClIN3O3S. The number of aromatic carboxylic acids is 1. The number of imidazole rings is 1. The second-order valence-electron chi connectivity index (χ2n) is 4.49. The minimum Gasteiger partial charge on any atom is -0.477 e. The Kier molecular flexibility index (Phi) is 4.24. The van der Waals surface area contributed by atoms with Crippen LogP contribution in [-0.4, -0.2) is 25.8 Å². The van der Waals surface area contributed by atoms with Gasteiger partial charge in [0.25, 0.3) is 0 Å². The molecule has 0 amide bonds. The molecule has 3 aromatic rings. The number of aryl methyl sites for hydroxylation is 1. The summed E-state index contributed by atoms with van der Waals surface area (Å²) in [4.78, 5) is 16.4. The topological polar surface area (TPSA) is 81.2 Å². The van der Waals surface area contributed by atoms with Crippen molar-refractivity contribution >= 4 is 51.5 Å². The van der Waals surface area contributed by atoms with Gasteiger partial charge >= 0.3 is 5.97 Å². The predicted octanol–water partition coefficient (Wildman–Crippen LogP) is 3.91. The van der Waals surface area contributed by atoms with Gasteiger partial charge in [-0.3, -0.25) is 0 Å². The molecule has 114 valence electrons. The molecule has 0 saturated heterocycles. The first-order valence-electron chi connectivity index (χ1n) is 6.13. The van der Waals surface area contributed by atoms with Gasteiger partial charge < -0.3 is 14.2 Å². The van der Waals surface area contributed by atoms with Gasteiger partial charge in [0.05, 0.1) is 21.5 Å². The number of halogens is 2. The highest BCUT2D eigenvalue weighted by Crippen LogP contribution is 2.31. The van der Waals surface area contributed by atoms with Crippen LogP contribution < -0.4 is 0 Å². The van der Waals surface area contributed by atoms with Crippen molar-refractivity contribution in [3.63, 3.8) is 0 Å². The number of hydrogen-bond acceptors (Lipinski definition) is 5. The molecule has 0 atom stereocenters. The van der Waals surface area contributed by atoms with Crippen LogP contribution in [0.4, 0.5) is 0 Å². The van der Waals surface area contributed by atoms with E-state index in [2.05, 4.69) is 10.1 Å². The highest BCUT2D eigenvalue weighted by molar-refractivity contribution is 14.1. The molecule has 0 aromatic carbocycles.